The van der Waals surface area contributed by atoms with Crippen LogP contribution in [0, 0.1) is 0 Å². The van der Waals surface area contributed by atoms with E-state index in [4.69, 9.17) is 5.73 Å². The van der Waals surface area contributed by atoms with Gasteiger partial charge in [-0.3, -0.25) is 4.68 Å². The van der Waals surface area contributed by atoms with Gasteiger partial charge in [0.2, 0.25) is 0 Å². The van der Waals surface area contributed by atoms with Gasteiger partial charge < -0.3 is 16.0 Å². The van der Waals surface area contributed by atoms with Crippen molar-refractivity contribution in [2.75, 3.05) is 25.9 Å². The molecule has 5 heteroatoms. The average Bonchev–Trinajstić information content (AvgIpc) is 2.84. The summed E-state index contributed by atoms with van der Waals surface area (Å²) in [6, 6.07) is 0.544. The average molecular weight is 221 g/mol. The lowest BCUT2D eigenvalue weighted by atomic mass is 10.1. The van der Waals surface area contributed by atoms with E-state index in [9.17, 15) is 0 Å². The molecule has 5 nitrogen and oxygen atoms in total. The summed E-state index contributed by atoms with van der Waals surface area (Å²) in [6.07, 6.45) is 2.37. The first-order valence-corrected chi connectivity index (χ1v) is 6.00. The minimum Gasteiger partial charge on any atom is -0.382 e. The summed E-state index contributed by atoms with van der Waals surface area (Å²) in [7, 11) is 2.18. The van der Waals surface area contributed by atoms with E-state index in [1.807, 2.05) is 0 Å². The molecule has 1 saturated heterocycles. The summed E-state index contributed by atoms with van der Waals surface area (Å²) in [5.74, 6) is 0.721. The zero-order valence-electron chi connectivity index (χ0n) is 9.74. The molecule has 16 heavy (non-hydrogen) atoms. The number of nitrogen functional groups attached to an aromatic ring is 1. The van der Waals surface area contributed by atoms with Crippen molar-refractivity contribution in [3.05, 3.63) is 11.3 Å². The van der Waals surface area contributed by atoms with Crippen LogP contribution in [0.2, 0.25) is 0 Å². The van der Waals surface area contributed by atoms with E-state index in [0.29, 0.717) is 6.04 Å². The minimum atomic E-state index is 0.544. The first-order valence-electron chi connectivity index (χ1n) is 6.00. The lowest BCUT2D eigenvalue weighted by Gasteiger charge is -2.29. The van der Waals surface area contributed by atoms with E-state index in [0.717, 1.165) is 32.0 Å². The molecule has 2 aliphatic rings. The molecule has 3 heterocycles. The van der Waals surface area contributed by atoms with Crippen LogP contribution in [0.15, 0.2) is 0 Å². The Morgan fingerprint density at radius 3 is 2.81 bits per heavy atom. The summed E-state index contributed by atoms with van der Waals surface area (Å²) in [5, 5.41) is 7.86. The molecule has 0 radical (unpaired) electrons. The highest BCUT2D eigenvalue weighted by molar-refractivity contribution is 5.44. The molecule has 0 aromatic carbocycles. The van der Waals surface area contributed by atoms with Crippen molar-refractivity contribution in [2.24, 2.45) is 0 Å². The van der Waals surface area contributed by atoms with E-state index in [1.165, 1.54) is 24.1 Å². The number of nitrogens with two attached hydrogens (primary N) is 1. The molecule has 3 rings (SSSR count). The van der Waals surface area contributed by atoms with E-state index in [-0.39, 0.29) is 0 Å². The smallest absolute Gasteiger partial charge is 0.150 e. The van der Waals surface area contributed by atoms with Crippen LogP contribution in [0.25, 0.3) is 0 Å². The van der Waals surface area contributed by atoms with Gasteiger partial charge >= 0.3 is 0 Å². The van der Waals surface area contributed by atoms with Gasteiger partial charge in [0.15, 0.2) is 0 Å². The Bertz CT molecular complexity index is 389. The van der Waals surface area contributed by atoms with Gasteiger partial charge in [0.1, 0.15) is 5.82 Å². The normalized spacial score (nSPS) is 22.6. The molecule has 1 aromatic rings. The first kappa shape index (κ1) is 10.1. The highest BCUT2D eigenvalue weighted by atomic mass is 15.3. The minimum absolute atomic E-state index is 0.544. The molecule has 88 valence electrons. The molecular formula is C11H19N5. The molecular weight excluding hydrogens is 202 g/mol. The molecule has 0 bridgehead atoms. The largest absolute Gasteiger partial charge is 0.382 e. The van der Waals surface area contributed by atoms with E-state index in [1.54, 1.807) is 0 Å². The topological polar surface area (TPSA) is 59.1 Å². The third kappa shape index (κ3) is 1.51. The number of anilines is 1. The second-order valence-corrected chi connectivity index (χ2v) is 4.89. The number of rotatable bonds is 1. The standard InChI is InChI=1S/C11H19N5/c1-15-4-2-8(3-5-15)16-10-7-13-6-9(10)11(12)14-16/h8,13H,2-7H2,1H3,(H2,12,14). The number of hydrogen-bond donors (Lipinski definition) is 2. The van der Waals surface area contributed by atoms with Crippen LogP contribution in [0.4, 0.5) is 5.82 Å². The lowest BCUT2D eigenvalue weighted by Crippen LogP contribution is -2.32. The van der Waals surface area contributed by atoms with E-state index in [2.05, 4.69) is 27.0 Å². The quantitative estimate of drug-likeness (QED) is 0.718. The highest BCUT2D eigenvalue weighted by Gasteiger charge is 2.26. The second kappa shape index (κ2) is 3.75. The zero-order valence-corrected chi connectivity index (χ0v) is 9.74. The fraction of sp³-hybridized carbons (Fsp3) is 0.727. The van der Waals surface area contributed by atoms with Crippen molar-refractivity contribution in [3.8, 4) is 0 Å². The second-order valence-electron chi connectivity index (χ2n) is 4.89. The maximum absolute atomic E-state index is 5.94. The Morgan fingerprint density at radius 2 is 2.06 bits per heavy atom. The lowest BCUT2D eigenvalue weighted by molar-refractivity contribution is 0.210. The molecule has 0 aliphatic carbocycles. The number of hydrogen-bond acceptors (Lipinski definition) is 4. The number of fused-ring (bicyclic) bond motifs is 1. The van der Waals surface area contributed by atoms with Crippen molar-refractivity contribution >= 4 is 5.82 Å². The van der Waals surface area contributed by atoms with Crippen molar-refractivity contribution in [1.82, 2.24) is 20.0 Å². The fourth-order valence-electron chi connectivity index (χ4n) is 2.75. The number of aromatic nitrogens is 2. The Morgan fingerprint density at radius 1 is 1.31 bits per heavy atom. The maximum Gasteiger partial charge on any atom is 0.150 e. The maximum atomic E-state index is 5.94. The molecule has 0 saturated carbocycles. The van der Waals surface area contributed by atoms with Gasteiger partial charge in [-0.2, -0.15) is 5.10 Å². The van der Waals surface area contributed by atoms with Crippen LogP contribution in [0.5, 0.6) is 0 Å². The Kier molecular flexibility index (Phi) is 2.37. The molecule has 0 spiro atoms. The van der Waals surface area contributed by atoms with Crippen LogP contribution in [0.1, 0.15) is 30.1 Å². The van der Waals surface area contributed by atoms with Crippen LogP contribution in [-0.2, 0) is 13.1 Å². The van der Waals surface area contributed by atoms with E-state index >= 15 is 0 Å². The third-order valence-corrected chi connectivity index (χ3v) is 3.78. The van der Waals surface area contributed by atoms with Crippen LogP contribution < -0.4 is 11.1 Å². The number of nitrogens with one attached hydrogen (secondary N) is 1. The van der Waals surface area contributed by atoms with E-state index < -0.39 is 0 Å². The predicted molar refractivity (Wildman–Crippen MR) is 63.0 cm³/mol. The van der Waals surface area contributed by atoms with Crippen molar-refractivity contribution in [3.63, 3.8) is 0 Å². The summed E-state index contributed by atoms with van der Waals surface area (Å²) in [4.78, 5) is 2.38. The van der Waals surface area contributed by atoms with Crippen LogP contribution >= 0.6 is 0 Å². The molecule has 3 N–H and O–H groups in total. The molecule has 2 aliphatic heterocycles. The number of piperidine rings is 1. The van der Waals surface area contributed by atoms with Crippen molar-refractivity contribution in [1.29, 1.82) is 0 Å². The third-order valence-electron chi connectivity index (χ3n) is 3.78. The number of likely N-dealkylation sites (tertiary alicyclic amines) is 1. The number of nitrogens with zero attached hydrogens (tertiary/aromatic N) is 3. The van der Waals surface area contributed by atoms with Gasteiger partial charge in [-0.15, -0.1) is 0 Å². The van der Waals surface area contributed by atoms with Gasteiger partial charge in [-0.05, 0) is 33.0 Å². The summed E-state index contributed by atoms with van der Waals surface area (Å²) in [5.41, 5.74) is 8.48. The van der Waals surface area contributed by atoms with Gasteiger partial charge in [-0.25, -0.2) is 0 Å². The molecule has 1 aromatic heterocycles. The fourth-order valence-corrected chi connectivity index (χ4v) is 2.75. The van der Waals surface area contributed by atoms with Gasteiger partial charge in [-0.1, -0.05) is 0 Å². The summed E-state index contributed by atoms with van der Waals surface area (Å²) >= 11 is 0. The van der Waals surface area contributed by atoms with Crippen molar-refractivity contribution in [2.45, 2.75) is 32.0 Å². The predicted octanol–water partition coefficient (Wildman–Crippen LogP) is 0.335. The molecule has 0 amide bonds. The molecule has 1 fully saturated rings. The zero-order chi connectivity index (χ0) is 11.1. The molecule has 0 unspecified atom stereocenters. The summed E-state index contributed by atoms with van der Waals surface area (Å²) in [6.45, 7) is 4.12. The SMILES string of the molecule is CN1CCC(n2nc(N)c3c2CNC3)CC1. The monoisotopic (exact) mass is 221 g/mol. The Hall–Kier alpha value is -1.07. The Balaban J connectivity index is 1.87. The van der Waals surface area contributed by atoms with Crippen LogP contribution in [-0.4, -0.2) is 34.8 Å². The summed E-state index contributed by atoms with van der Waals surface area (Å²) < 4.78 is 2.18. The molecule has 0 atom stereocenters. The van der Waals surface area contributed by atoms with Crippen LogP contribution in [0.3, 0.4) is 0 Å². The first-order chi connectivity index (χ1) is 7.75. The highest BCUT2D eigenvalue weighted by Crippen LogP contribution is 2.29. The van der Waals surface area contributed by atoms with Gasteiger partial charge in [0.05, 0.1) is 11.7 Å². The van der Waals surface area contributed by atoms with Gasteiger partial charge in [0, 0.05) is 18.7 Å². The Labute approximate surface area is 95.6 Å². The van der Waals surface area contributed by atoms with Crippen molar-refractivity contribution < 1.29 is 0 Å². The van der Waals surface area contributed by atoms with Gasteiger partial charge in [0.25, 0.3) is 0 Å².